The minimum Gasteiger partial charge on any atom is -0.327 e. The van der Waals surface area contributed by atoms with Crippen LogP contribution in [0.15, 0.2) is 24.3 Å². The zero-order valence-corrected chi connectivity index (χ0v) is 15.8. The van der Waals surface area contributed by atoms with Gasteiger partial charge in [-0.3, -0.25) is 9.89 Å². The van der Waals surface area contributed by atoms with E-state index < -0.39 is 0 Å². The second kappa shape index (κ2) is 7.76. The summed E-state index contributed by atoms with van der Waals surface area (Å²) >= 11 is 0. The van der Waals surface area contributed by atoms with Crippen molar-refractivity contribution in [3.05, 3.63) is 30.1 Å². The molecule has 4 rings (SSSR count). The summed E-state index contributed by atoms with van der Waals surface area (Å²) in [4.78, 5) is 17.0. The highest BCUT2D eigenvalue weighted by atomic mass is 35.5. The number of aromatic amines is 1. The number of nitrogens with zero attached hydrogens (tertiary/aromatic N) is 2. The molecule has 2 aliphatic carbocycles. The third-order valence-electron chi connectivity index (χ3n) is 5.79. The number of fused-ring (bicyclic) bond motifs is 2. The Morgan fingerprint density at radius 3 is 2.42 bits per heavy atom. The number of hydrogen-bond donors (Lipinski definition) is 3. The summed E-state index contributed by atoms with van der Waals surface area (Å²) in [5, 5.41) is 10.1. The van der Waals surface area contributed by atoms with Gasteiger partial charge in [-0.05, 0) is 68.7 Å². The summed E-state index contributed by atoms with van der Waals surface area (Å²) < 4.78 is 0. The van der Waals surface area contributed by atoms with E-state index in [1.807, 2.05) is 31.2 Å². The van der Waals surface area contributed by atoms with Crippen LogP contribution in [0.3, 0.4) is 0 Å². The molecule has 0 radical (unpaired) electrons. The molecule has 2 fully saturated rings. The highest BCUT2D eigenvalue weighted by Gasteiger charge is 2.40. The van der Waals surface area contributed by atoms with Crippen LogP contribution in [0.4, 0.5) is 5.69 Å². The molecule has 2 aliphatic rings. The maximum atomic E-state index is 12.7. The molecule has 1 amide bonds. The zero-order valence-electron chi connectivity index (χ0n) is 14.9. The molecule has 0 spiro atoms. The summed E-state index contributed by atoms with van der Waals surface area (Å²) in [6.07, 6.45) is 5.47. The molecular weight excluding hydrogens is 350 g/mol. The number of nitrogens with one attached hydrogen (secondary N) is 2. The smallest absolute Gasteiger partial charge is 0.227 e. The third-order valence-corrected chi connectivity index (χ3v) is 5.79. The molecule has 2 bridgehead atoms. The standard InChI is InChI=1S/C19H25N5O.ClH/c1-11-21-18(24-23-11)12-5-7-16(8-6-12)22-19(25)15-9-13-3-2-4-14(10-15)17(13)20;/h5-8,13-15,17H,2-4,9-10,20H2,1H3,(H,22,25)(H,21,23,24);1H. The molecule has 0 saturated heterocycles. The largest absolute Gasteiger partial charge is 0.327 e. The van der Waals surface area contributed by atoms with Crippen LogP contribution in [0, 0.1) is 24.7 Å². The number of amides is 1. The van der Waals surface area contributed by atoms with Gasteiger partial charge in [0.05, 0.1) is 0 Å². The van der Waals surface area contributed by atoms with E-state index in [2.05, 4.69) is 20.5 Å². The van der Waals surface area contributed by atoms with Crippen LogP contribution in [-0.2, 0) is 4.79 Å². The van der Waals surface area contributed by atoms with Gasteiger partial charge in [0.2, 0.25) is 5.91 Å². The minimum absolute atomic E-state index is 0. The maximum Gasteiger partial charge on any atom is 0.227 e. The van der Waals surface area contributed by atoms with Crippen LogP contribution in [-0.4, -0.2) is 27.1 Å². The van der Waals surface area contributed by atoms with Gasteiger partial charge in [-0.1, -0.05) is 6.42 Å². The Bertz CT molecular complexity index is 746. The number of anilines is 1. The predicted molar refractivity (Wildman–Crippen MR) is 104 cm³/mol. The predicted octanol–water partition coefficient (Wildman–Crippen LogP) is 3.29. The van der Waals surface area contributed by atoms with Crippen molar-refractivity contribution < 1.29 is 4.79 Å². The highest BCUT2D eigenvalue weighted by molar-refractivity contribution is 5.92. The molecule has 140 valence electrons. The van der Waals surface area contributed by atoms with Crippen LogP contribution >= 0.6 is 12.4 Å². The van der Waals surface area contributed by atoms with Crippen molar-refractivity contribution in [2.75, 3.05) is 5.32 Å². The first-order valence-electron chi connectivity index (χ1n) is 9.16. The zero-order chi connectivity index (χ0) is 17.4. The van der Waals surface area contributed by atoms with Crippen molar-refractivity contribution in [1.82, 2.24) is 15.2 Å². The van der Waals surface area contributed by atoms with Gasteiger partial charge in [0.1, 0.15) is 5.82 Å². The van der Waals surface area contributed by atoms with Gasteiger partial charge in [-0.25, -0.2) is 4.98 Å². The summed E-state index contributed by atoms with van der Waals surface area (Å²) in [5.74, 6) is 2.70. The van der Waals surface area contributed by atoms with Crippen molar-refractivity contribution >= 4 is 24.0 Å². The van der Waals surface area contributed by atoms with Gasteiger partial charge in [-0.2, -0.15) is 5.10 Å². The number of nitrogens with two attached hydrogens (primary N) is 1. The minimum atomic E-state index is 0. The van der Waals surface area contributed by atoms with Crippen LogP contribution in [0.2, 0.25) is 0 Å². The number of carbonyl (C=O) groups excluding carboxylic acids is 1. The normalized spacial score (nSPS) is 27.5. The van der Waals surface area contributed by atoms with E-state index in [9.17, 15) is 4.79 Å². The van der Waals surface area contributed by atoms with Crippen molar-refractivity contribution in [2.45, 2.75) is 45.1 Å². The Morgan fingerprint density at radius 2 is 1.85 bits per heavy atom. The maximum absolute atomic E-state index is 12.7. The van der Waals surface area contributed by atoms with Crippen molar-refractivity contribution in [3.8, 4) is 11.4 Å². The Kier molecular flexibility index (Phi) is 5.63. The van der Waals surface area contributed by atoms with E-state index in [1.54, 1.807) is 0 Å². The molecule has 4 N–H and O–H groups in total. The molecule has 6 nitrogen and oxygen atoms in total. The first-order chi connectivity index (χ1) is 12.1. The fourth-order valence-electron chi connectivity index (χ4n) is 4.42. The number of hydrogen-bond acceptors (Lipinski definition) is 4. The molecule has 1 aromatic carbocycles. The number of benzene rings is 1. The molecule has 1 heterocycles. The lowest BCUT2D eigenvalue weighted by Crippen LogP contribution is -2.48. The molecule has 2 atom stereocenters. The first kappa shape index (κ1) is 18.9. The summed E-state index contributed by atoms with van der Waals surface area (Å²) in [6, 6.07) is 7.98. The average molecular weight is 376 g/mol. The number of H-pyrrole nitrogens is 1. The molecule has 26 heavy (non-hydrogen) atoms. The fraction of sp³-hybridized carbons (Fsp3) is 0.526. The van der Waals surface area contributed by atoms with Gasteiger partial charge in [0.25, 0.3) is 0 Å². The van der Waals surface area contributed by atoms with Crippen LogP contribution < -0.4 is 11.1 Å². The SMILES string of the molecule is Cc1nc(-c2ccc(NC(=O)C3CC4CCCC(C3)C4N)cc2)n[nH]1.Cl. The lowest BCUT2D eigenvalue weighted by atomic mass is 9.65. The van der Waals surface area contributed by atoms with Gasteiger partial charge in [0, 0.05) is 23.2 Å². The summed E-state index contributed by atoms with van der Waals surface area (Å²) in [5.41, 5.74) is 8.08. The highest BCUT2D eigenvalue weighted by Crippen LogP contribution is 2.42. The van der Waals surface area contributed by atoms with E-state index in [0.29, 0.717) is 23.7 Å². The third kappa shape index (κ3) is 3.76. The summed E-state index contributed by atoms with van der Waals surface area (Å²) in [6.45, 7) is 1.87. The second-order valence-corrected chi connectivity index (χ2v) is 7.51. The molecule has 2 unspecified atom stereocenters. The van der Waals surface area contributed by atoms with E-state index in [1.165, 1.54) is 19.3 Å². The van der Waals surface area contributed by atoms with E-state index in [0.717, 1.165) is 29.9 Å². The van der Waals surface area contributed by atoms with Gasteiger partial charge < -0.3 is 11.1 Å². The lowest BCUT2D eigenvalue weighted by Gasteiger charge is -2.43. The van der Waals surface area contributed by atoms with Crippen molar-refractivity contribution in [3.63, 3.8) is 0 Å². The first-order valence-corrected chi connectivity index (χ1v) is 9.16. The summed E-state index contributed by atoms with van der Waals surface area (Å²) in [7, 11) is 0. The lowest BCUT2D eigenvalue weighted by molar-refractivity contribution is -0.122. The van der Waals surface area contributed by atoms with Gasteiger partial charge in [0.15, 0.2) is 5.82 Å². The van der Waals surface area contributed by atoms with Crippen molar-refractivity contribution in [2.24, 2.45) is 23.5 Å². The Labute approximate surface area is 159 Å². The Morgan fingerprint density at radius 1 is 1.19 bits per heavy atom. The topological polar surface area (TPSA) is 96.7 Å². The fourth-order valence-corrected chi connectivity index (χ4v) is 4.42. The average Bonchev–Trinajstić information content (AvgIpc) is 3.01. The Hall–Kier alpha value is -1.92. The second-order valence-electron chi connectivity index (χ2n) is 7.51. The number of aromatic nitrogens is 3. The van der Waals surface area contributed by atoms with Gasteiger partial charge in [-0.15, -0.1) is 12.4 Å². The van der Waals surface area contributed by atoms with Crippen LogP contribution in [0.1, 0.15) is 37.9 Å². The molecule has 2 saturated carbocycles. The molecule has 0 aliphatic heterocycles. The van der Waals surface area contributed by atoms with E-state index in [4.69, 9.17) is 5.73 Å². The number of aryl methyl sites for hydroxylation is 1. The monoisotopic (exact) mass is 375 g/mol. The molecule has 2 aromatic rings. The quantitative estimate of drug-likeness (QED) is 0.766. The van der Waals surface area contributed by atoms with E-state index >= 15 is 0 Å². The number of rotatable bonds is 3. The van der Waals surface area contributed by atoms with Gasteiger partial charge >= 0.3 is 0 Å². The molecular formula is C19H26ClN5O. The molecule has 7 heteroatoms. The number of carbonyl (C=O) groups is 1. The number of halogens is 1. The Balaban J connectivity index is 0.00000196. The van der Waals surface area contributed by atoms with Crippen molar-refractivity contribution in [1.29, 1.82) is 0 Å². The van der Waals surface area contributed by atoms with E-state index in [-0.39, 0.29) is 24.2 Å². The molecule has 1 aromatic heterocycles. The van der Waals surface area contributed by atoms with Crippen LogP contribution in [0.5, 0.6) is 0 Å². The van der Waals surface area contributed by atoms with Crippen LogP contribution in [0.25, 0.3) is 11.4 Å².